The van der Waals surface area contributed by atoms with Crippen LogP contribution in [0.3, 0.4) is 0 Å². The third-order valence-electron chi connectivity index (χ3n) is 14.5. The van der Waals surface area contributed by atoms with Crippen LogP contribution in [0.25, 0.3) is 0 Å². The van der Waals surface area contributed by atoms with Gasteiger partial charge in [-0.1, -0.05) is 38.9 Å². The molecule has 16 atom stereocenters. The molecule has 52 heavy (non-hydrogen) atoms. The van der Waals surface area contributed by atoms with E-state index in [1.54, 1.807) is 6.07 Å². The summed E-state index contributed by atoms with van der Waals surface area (Å²) in [6, 6.07) is 5.63. The van der Waals surface area contributed by atoms with Crippen molar-refractivity contribution >= 4 is 17.5 Å². The minimum atomic E-state index is -0.945. The number of amides is 1. The van der Waals surface area contributed by atoms with Crippen molar-refractivity contribution in [2.24, 2.45) is 52.5 Å². The average molecular weight is 729 g/mol. The van der Waals surface area contributed by atoms with Crippen molar-refractivity contribution in [3.05, 3.63) is 30.1 Å². The molecule has 0 radical (unpaired) electrons. The fraction of sp³-hybridized carbons (Fsp3) is 0.795. The topological polar surface area (TPSA) is 125 Å². The Bertz CT molecular complexity index is 1600. The minimum absolute atomic E-state index is 0.0261. The Morgan fingerprint density at radius 1 is 0.808 bits per heavy atom. The van der Waals surface area contributed by atoms with E-state index in [4.69, 9.17) is 43.3 Å². The molecule has 10 fully saturated rings. The molecule has 8 aliphatic heterocycles. The van der Waals surface area contributed by atoms with Gasteiger partial charge in [0.05, 0.1) is 11.8 Å². The number of halogens is 1. The highest BCUT2D eigenvalue weighted by Gasteiger charge is 2.71. The number of benzene rings is 1. The van der Waals surface area contributed by atoms with Crippen molar-refractivity contribution in [2.75, 3.05) is 5.32 Å². The zero-order valence-corrected chi connectivity index (χ0v) is 31.0. The zero-order chi connectivity index (χ0) is 36.2. The summed E-state index contributed by atoms with van der Waals surface area (Å²) in [6.45, 7) is 12.8. The van der Waals surface area contributed by atoms with Gasteiger partial charge in [0.1, 0.15) is 11.9 Å². The molecule has 0 unspecified atom stereocenters. The summed E-state index contributed by atoms with van der Waals surface area (Å²) in [5.41, 5.74) is -0.692. The maximum Gasteiger partial charge on any atom is 0.437 e. The van der Waals surface area contributed by atoms with Gasteiger partial charge in [0.25, 0.3) is 0 Å². The summed E-state index contributed by atoms with van der Waals surface area (Å²) in [6.07, 6.45) is 4.44. The van der Waals surface area contributed by atoms with E-state index in [1.807, 2.05) is 13.8 Å². The van der Waals surface area contributed by atoms with Crippen LogP contribution in [-0.4, -0.2) is 59.4 Å². The fourth-order valence-electron chi connectivity index (χ4n) is 11.7. The van der Waals surface area contributed by atoms with E-state index >= 15 is 0 Å². The molecule has 12 nitrogen and oxygen atoms in total. The summed E-state index contributed by atoms with van der Waals surface area (Å²) in [7, 11) is 0. The van der Waals surface area contributed by atoms with Crippen LogP contribution in [0.5, 0.6) is 0 Å². The molecule has 8 heterocycles. The van der Waals surface area contributed by atoms with Gasteiger partial charge in [0.2, 0.25) is 11.6 Å². The molecular formula is C39H53FN2O10. The van der Waals surface area contributed by atoms with E-state index in [0.29, 0.717) is 30.4 Å². The molecule has 1 amide bonds. The normalized spacial score (nSPS) is 50.7. The zero-order valence-electron chi connectivity index (χ0n) is 31.0. The van der Waals surface area contributed by atoms with Crippen molar-refractivity contribution in [2.45, 2.75) is 147 Å². The number of ether oxygens (including phenoxy) is 4. The maximum absolute atomic E-state index is 13.9. The summed E-state index contributed by atoms with van der Waals surface area (Å²) in [4.78, 5) is 43.6. The number of carbonyl (C=O) groups excluding carboxylic acids is 1. The third kappa shape index (κ3) is 5.43. The molecule has 4 bridgehead atoms. The van der Waals surface area contributed by atoms with Crippen LogP contribution in [0.15, 0.2) is 29.4 Å². The lowest BCUT2D eigenvalue weighted by Gasteiger charge is -2.61. The Balaban J connectivity index is 1.05. The van der Waals surface area contributed by atoms with Crippen LogP contribution in [-0.2, 0) is 43.3 Å². The van der Waals surface area contributed by atoms with E-state index in [0.717, 1.165) is 44.9 Å². The first-order chi connectivity index (χ1) is 24.8. The highest BCUT2D eigenvalue weighted by atomic mass is 19.1. The number of nitrogens with zero attached hydrogens (tertiary/aromatic N) is 1. The predicted molar refractivity (Wildman–Crippen MR) is 182 cm³/mol. The monoisotopic (exact) mass is 728 g/mol. The number of hydrogen-bond acceptors (Lipinski definition) is 11. The number of nitrogens with one attached hydrogen (secondary N) is 1. The molecule has 2 saturated carbocycles. The second-order valence-corrected chi connectivity index (χ2v) is 17.6. The Hall–Kier alpha value is -2.23. The second-order valence-electron chi connectivity index (χ2n) is 17.6. The number of fused-ring (bicyclic) bond motifs is 4. The highest BCUT2D eigenvalue weighted by molar-refractivity contribution is 5.91. The largest absolute Gasteiger partial charge is 0.437 e. The van der Waals surface area contributed by atoms with Gasteiger partial charge >= 0.3 is 6.09 Å². The smallest absolute Gasteiger partial charge is 0.345 e. The first kappa shape index (κ1) is 35.5. The lowest BCUT2D eigenvalue weighted by molar-refractivity contribution is -0.571. The average Bonchev–Trinajstić information content (AvgIpc) is 3.48. The summed E-state index contributed by atoms with van der Waals surface area (Å²) in [5.74, 6) is -0.971. The summed E-state index contributed by atoms with van der Waals surface area (Å²) < 4.78 is 41.2. The fourth-order valence-corrected chi connectivity index (χ4v) is 11.7. The predicted octanol–water partition coefficient (Wildman–Crippen LogP) is 7.62. The van der Waals surface area contributed by atoms with Gasteiger partial charge in [0.15, 0.2) is 23.8 Å². The van der Waals surface area contributed by atoms with Gasteiger partial charge in [0, 0.05) is 36.8 Å². The van der Waals surface area contributed by atoms with Crippen molar-refractivity contribution in [3.8, 4) is 0 Å². The van der Waals surface area contributed by atoms with Crippen LogP contribution >= 0.6 is 0 Å². The molecule has 1 N–H and O–H groups in total. The number of rotatable bonds is 5. The minimum Gasteiger partial charge on any atom is -0.345 e. The van der Waals surface area contributed by atoms with E-state index in [1.165, 1.54) is 18.2 Å². The van der Waals surface area contributed by atoms with Gasteiger partial charge in [-0.05, 0) is 106 Å². The van der Waals surface area contributed by atoms with Crippen molar-refractivity contribution in [1.82, 2.24) is 0 Å². The van der Waals surface area contributed by atoms with E-state index in [-0.39, 0.29) is 47.3 Å². The maximum atomic E-state index is 13.9. The Labute approximate surface area is 304 Å². The highest BCUT2D eigenvalue weighted by Crippen LogP contribution is 2.63. The van der Waals surface area contributed by atoms with Crippen molar-refractivity contribution in [1.29, 1.82) is 0 Å². The molecule has 10 aliphatic rings. The van der Waals surface area contributed by atoms with Crippen LogP contribution in [0.4, 0.5) is 14.9 Å². The van der Waals surface area contributed by atoms with Crippen LogP contribution in [0, 0.1) is 53.2 Å². The number of anilines is 1. The Kier molecular flexibility index (Phi) is 8.63. The van der Waals surface area contributed by atoms with Gasteiger partial charge in [-0.2, -0.15) is 0 Å². The molecule has 1 aromatic carbocycles. The van der Waals surface area contributed by atoms with E-state index in [2.05, 4.69) is 38.2 Å². The van der Waals surface area contributed by atoms with E-state index in [9.17, 15) is 9.18 Å². The molecule has 13 heteroatoms. The Morgan fingerprint density at radius 3 is 2.02 bits per heavy atom. The van der Waals surface area contributed by atoms with Crippen LogP contribution < -0.4 is 5.32 Å². The SMILES string of the molecule is C[C@H]1[C@@H](/C(C[C@H]2O[C@@H]3O[C@]4(C)CC[C@H]5[C@H](C)CC[C@@H]([C@H]2C)[C@@]35OO4)=N\OC(=O)Nc2cccc(F)c2)O[C@@H]2O[C@]3(C)CC[C@H]4[C@H](C)CC[C@@H]1[C@@]24OO3. The van der Waals surface area contributed by atoms with Gasteiger partial charge < -0.3 is 18.9 Å². The van der Waals surface area contributed by atoms with Gasteiger partial charge in [-0.15, -0.1) is 0 Å². The molecule has 2 spiro atoms. The Morgan fingerprint density at radius 2 is 1.40 bits per heavy atom. The lowest BCUT2D eigenvalue weighted by atomic mass is 9.56. The molecule has 11 rings (SSSR count). The summed E-state index contributed by atoms with van der Waals surface area (Å²) in [5, 5.41) is 7.15. The van der Waals surface area contributed by atoms with Crippen LogP contribution in [0.2, 0.25) is 0 Å². The quantitative estimate of drug-likeness (QED) is 0.140. The number of carbonyl (C=O) groups is 1. The number of oxime groups is 1. The third-order valence-corrected chi connectivity index (χ3v) is 14.5. The van der Waals surface area contributed by atoms with E-state index < -0.39 is 53.4 Å². The van der Waals surface area contributed by atoms with Crippen molar-refractivity contribution in [3.63, 3.8) is 0 Å². The lowest BCUT2D eigenvalue weighted by Crippen LogP contribution is -2.71. The molecule has 286 valence electrons. The molecule has 1 aromatic rings. The second kappa shape index (κ2) is 12.7. The first-order valence-electron chi connectivity index (χ1n) is 19.5. The molecule has 0 aromatic heterocycles. The molecule has 8 saturated heterocycles. The molecular weight excluding hydrogens is 675 g/mol. The van der Waals surface area contributed by atoms with Gasteiger partial charge in [-0.3, -0.25) is 10.2 Å². The molecule has 2 aliphatic carbocycles. The first-order valence-corrected chi connectivity index (χ1v) is 19.5. The van der Waals surface area contributed by atoms with Crippen LogP contribution in [0.1, 0.15) is 99.3 Å². The van der Waals surface area contributed by atoms with Gasteiger partial charge in [-0.25, -0.2) is 28.7 Å². The standard InChI is InChI=1S/C39H53FN2O10/c1-20-10-12-28-22(3)31(44-33-38(28)26(20)14-16-36(5,46-33)49-51-38)19-30(42-48-35(43)41-25-9-7-8-24(40)18-25)32-23(4)29-13-11-21(2)27-15-17-37(6)47-34(45-32)39(27,29)52-50-37/h7-9,18,20-23,26-29,31-34H,10-17,19H2,1-6H3,(H,41,43)/b42-30-/t20-,21-,22-,23-,26+,27+,28+,29+,31-,32+,33-,34-,36+,37+,38-,39-/m1/s1. The van der Waals surface area contributed by atoms with Crippen molar-refractivity contribution < 1.29 is 52.5 Å². The number of hydrogen-bond donors (Lipinski definition) is 1. The summed E-state index contributed by atoms with van der Waals surface area (Å²) >= 11 is 0.